The van der Waals surface area contributed by atoms with E-state index in [-0.39, 0.29) is 11.3 Å². The first-order chi connectivity index (χ1) is 10.2. The Hall–Kier alpha value is -2.44. The minimum absolute atomic E-state index is 0.0986. The topological polar surface area (TPSA) is 43.3 Å². The molecule has 7 heteroatoms. The van der Waals surface area contributed by atoms with E-state index in [1.165, 1.54) is 13.1 Å². The van der Waals surface area contributed by atoms with Crippen molar-refractivity contribution in [1.29, 1.82) is 0 Å². The first-order valence-corrected chi connectivity index (χ1v) is 6.55. The maximum atomic E-state index is 13.8. The highest BCUT2D eigenvalue weighted by Gasteiger charge is 2.62. The molecular formula is C15H13F3N2O2. The number of hydrogen-bond acceptors (Lipinski definition) is 3. The molecule has 2 aromatic rings. The SMILES string of the molecule is CC1=CC(=O)OC(c2cn(C)c3ccccc23)(C(F)(F)F)N1. The number of allylic oxidation sites excluding steroid dienone is 1. The molecule has 0 saturated heterocycles. The van der Waals surface area contributed by atoms with Crippen LogP contribution in [-0.4, -0.2) is 16.7 Å². The fourth-order valence-electron chi connectivity index (χ4n) is 2.72. The molecule has 1 N–H and O–H groups in total. The molecule has 1 atom stereocenters. The summed E-state index contributed by atoms with van der Waals surface area (Å²) < 4.78 is 47.7. The molecule has 2 heterocycles. The number of carbonyl (C=O) groups excluding carboxylic acids is 1. The number of ether oxygens (including phenoxy) is 1. The second-order valence-corrected chi connectivity index (χ2v) is 5.22. The van der Waals surface area contributed by atoms with E-state index in [4.69, 9.17) is 4.74 Å². The second kappa shape index (κ2) is 4.53. The molecule has 116 valence electrons. The van der Waals surface area contributed by atoms with Crippen molar-refractivity contribution in [2.75, 3.05) is 0 Å². The van der Waals surface area contributed by atoms with Gasteiger partial charge in [-0.05, 0) is 13.0 Å². The van der Waals surface area contributed by atoms with Gasteiger partial charge in [0.15, 0.2) is 0 Å². The van der Waals surface area contributed by atoms with Gasteiger partial charge in [0, 0.05) is 35.9 Å². The standard InChI is InChI=1S/C15H13F3N2O2/c1-9-7-13(21)22-14(19-9,15(16,17)18)11-8-20(2)12-6-4-3-5-10(11)12/h3-8,19H,1-2H3. The van der Waals surface area contributed by atoms with Gasteiger partial charge in [0.1, 0.15) is 0 Å². The molecule has 0 fully saturated rings. The highest BCUT2D eigenvalue weighted by atomic mass is 19.4. The molecule has 3 rings (SSSR count). The number of carbonyl (C=O) groups is 1. The number of halogens is 3. The predicted octanol–water partition coefficient (Wildman–Crippen LogP) is 2.94. The van der Waals surface area contributed by atoms with Crippen LogP contribution in [-0.2, 0) is 22.3 Å². The van der Waals surface area contributed by atoms with Crippen molar-refractivity contribution >= 4 is 16.9 Å². The number of rotatable bonds is 1. The average molecular weight is 310 g/mol. The number of cyclic esters (lactones) is 1. The van der Waals surface area contributed by atoms with Gasteiger partial charge >= 0.3 is 17.9 Å². The molecule has 1 unspecified atom stereocenters. The van der Waals surface area contributed by atoms with E-state index in [0.29, 0.717) is 10.9 Å². The Morgan fingerprint density at radius 3 is 2.59 bits per heavy atom. The van der Waals surface area contributed by atoms with E-state index in [1.54, 1.807) is 35.9 Å². The Balaban J connectivity index is 2.31. The molecular weight excluding hydrogens is 297 g/mol. The van der Waals surface area contributed by atoms with Crippen LogP contribution in [0.3, 0.4) is 0 Å². The molecule has 0 aliphatic carbocycles. The van der Waals surface area contributed by atoms with Crippen LogP contribution in [0.5, 0.6) is 0 Å². The lowest BCUT2D eigenvalue weighted by molar-refractivity contribution is -0.285. The number of nitrogens with one attached hydrogen (secondary N) is 1. The molecule has 1 aromatic carbocycles. The van der Waals surface area contributed by atoms with E-state index < -0.39 is 17.9 Å². The summed E-state index contributed by atoms with van der Waals surface area (Å²) in [5.41, 5.74) is -2.31. The van der Waals surface area contributed by atoms with Crippen LogP contribution in [0.1, 0.15) is 12.5 Å². The summed E-state index contributed by atoms with van der Waals surface area (Å²) in [5.74, 6) is -1.03. The average Bonchev–Trinajstić information content (AvgIpc) is 2.75. The Morgan fingerprint density at radius 1 is 1.27 bits per heavy atom. The number of aryl methyl sites for hydroxylation is 1. The fraction of sp³-hybridized carbons (Fsp3) is 0.267. The molecule has 1 aliphatic rings. The van der Waals surface area contributed by atoms with Gasteiger partial charge in [-0.15, -0.1) is 0 Å². The maximum absolute atomic E-state index is 13.8. The lowest BCUT2D eigenvalue weighted by Crippen LogP contribution is -2.58. The predicted molar refractivity (Wildman–Crippen MR) is 73.6 cm³/mol. The Morgan fingerprint density at radius 2 is 1.95 bits per heavy atom. The van der Waals surface area contributed by atoms with Gasteiger partial charge < -0.3 is 14.6 Å². The van der Waals surface area contributed by atoms with Crippen LogP contribution in [0.15, 0.2) is 42.2 Å². The monoisotopic (exact) mass is 310 g/mol. The van der Waals surface area contributed by atoms with Gasteiger partial charge in [-0.2, -0.15) is 13.2 Å². The Labute approximate surface area is 124 Å². The Bertz CT molecular complexity index is 792. The van der Waals surface area contributed by atoms with Gasteiger partial charge in [-0.1, -0.05) is 18.2 Å². The fourth-order valence-corrected chi connectivity index (χ4v) is 2.72. The van der Waals surface area contributed by atoms with Crippen LogP contribution < -0.4 is 5.32 Å². The number of aromatic nitrogens is 1. The zero-order valence-corrected chi connectivity index (χ0v) is 11.9. The summed E-state index contributed by atoms with van der Waals surface area (Å²) in [6.07, 6.45) is -2.49. The number of benzene rings is 1. The van der Waals surface area contributed by atoms with E-state index in [1.807, 2.05) is 0 Å². The third kappa shape index (κ3) is 1.96. The number of para-hydroxylation sites is 1. The Kier molecular flexibility index (Phi) is 2.98. The zero-order valence-electron chi connectivity index (χ0n) is 11.9. The van der Waals surface area contributed by atoms with Gasteiger partial charge in [0.2, 0.25) is 0 Å². The van der Waals surface area contributed by atoms with Crippen LogP contribution in [0.4, 0.5) is 13.2 Å². The van der Waals surface area contributed by atoms with E-state index in [0.717, 1.165) is 6.08 Å². The van der Waals surface area contributed by atoms with Crippen molar-refractivity contribution in [3.8, 4) is 0 Å². The number of fused-ring (bicyclic) bond motifs is 1. The third-order valence-corrected chi connectivity index (χ3v) is 3.64. The lowest BCUT2D eigenvalue weighted by atomic mass is 9.99. The van der Waals surface area contributed by atoms with E-state index in [9.17, 15) is 18.0 Å². The summed E-state index contributed by atoms with van der Waals surface area (Å²) in [6, 6.07) is 6.65. The van der Waals surface area contributed by atoms with Gasteiger partial charge in [-0.3, -0.25) is 0 Å². The molecule has 0 radical (unpaired) electrons. The second-order valence-electron chi connectivity index (χ2n) is 5.22. The molecule has 22 heavy (non-hydrogen) atoms. The minimum Gasteiger partial charge on any atom is -0.421 e. The van der Waals surface area contributed by atoms with Crippen molar-refractivity contribution in [2.24, 2.45) is 7.05 Å². The summed E-state index contributed by atoms with van der Waals surface area (Å²) in [6.45, 7) is 1.39. The zero-order chi connectivity index (χ0) is 16.1. The first-order valence-electron chi connectivity index (χ1n) is 6.55. The minimum atomic E-state index is -4.82. The van der Waals surface area contributed by atoms with Crippen molar-refractivity contribution in [2.45, 2.75) is 18.8 Å². The van der Waals surface area contributed by atoms with Crippen molar-refractivity contribution in [3.05, 3.63) is 47.8 Å². The van der Waals surface area contributed by atoms with E-state index in [2.05, 4.69) is 5.32 Å². The molecule has 0 saturated carbocycles. The van der Waals surface area contributed by atoms with Gasteiger partial charge in [0.25, 0.3) is 0 Å². The molecule has 0 spiro atoms. The van der Waals surface area contributed by atoms with Gasteiger partial charge in [0.05, 0.1) is 5.56 Å². The molecule has 4 nitrogen and oxygen atoms in total. The third-order valence-electron chi connectivity index (χ3n) is 3.64. The van der Waals surface area contributed by atoms with Crippen molar-refractivity contribution in [3.63, 3.8) is 0 Å². The lowest BCUT2D eigenvalue weighted by Gasteiger charge is -2.38. The quantitative estimate of drug-likeness (QED) is 0.824. The first kappa shape index (κ1) is 14.5. The molecule has 1 aromatic heterocycles. The largest absolute Gasteiger partial charge is 0.453 e. The molecule has 0 amide bonds. The highest BCUT2D eigenvalue weighted by Crippen LogP contribution is 2.45. The van der Waals surface area contributed by atoms with Crippen LogP contribution >= 0.6 is 0 Å². The van der Waals surface area contributed by atoms with Crippen LogP contribution in [0.2, 0.25) is 0 Å². The van der Waals surface area contributed by atoms with Crippen molar-refractivity contribution < 1.29 is 22.7 Å². The van der Waals surface area contributed by atoms with Gasteiger partial charge in [-0.25, -0.2) is 4.79 Å². The number of esters is 1. The number of hydrogen-bond donors (Lipinski definition) is 1. The highest BCUT2D eigenvalue weighted by molar-refractivity contribution is 5.88. The molecule has 0 bridgehead atoms. The summed E-state index contributed by atoms with van der Waals surface area (Å²) in [7, 11) is 1.64. The smallest absolute Gasteiger partial charge is 0.421 e. The maximum Gasteiger partial charge on any atom is 0.453 e. The summed E-state index contributed by atoms with van der Waals surface area (Å²) in [5, 5.41) is 2.67. The molecule has 1 aliphatic heterocycles. The normalized spacial score (nSPS) is 22.2. The van der Waals surface area contributed by atoms with Crippen LogP contribution in [0, 0.1) is 0 Å². The number of nitrogens with zero attached hydrogens (tertiary/aromatic N) is 1. The van der Waals surface area contributed by atoms with Crippen molar-refractivity contribution in [1.82, 2.24) is 9.88 Å². The van der Waals surface area contributed by atoms with E-state index >= 15 is 0 Å². The summed E-state index contributed by atoms with van der Waals surface area (Å²) >= 11 is 0. The number of alkyl halides is 3. The van der Waals surface area contributed by atoms with Crippen LogP contribution in [0.25, 0.3) is 10.9 Å². The summed E-state index contributed by atoms with van der Waals surface area (Å²) in [4.78, 5) is 11.6.